The van der Waals surface area contributed by atoms with Gasteiger partial charge in [0.25, 0.3) is 0 Å². The summed E-state index contributed by atoms with van der Waals surface area (Å²) >= 11 is 0. The van der Waals surface area contributed by atoms with Crippen molar-refractivity contribution in [2.75, 3.05) is 6.61 Å². The first-order valence-electron chi connectivity index (χ1n) is 3.73. The van der Waals surface area contributed by atoms with Crippen LogP contribution in [0.2, 0.25) is 0 Å². The Hall–Kier alpha value is -0.340. The summed E-state index contributed by atoms with van der Waals surface area (Å²) in [5.74, 6) is 0. The average Bonchev–Trinajstić information content (AvgIpc) is 1.89. The number of aliphatic hydroxyl groups is 2. The Kier molecular flexibility index (Phi) is 6.55. The predicted molar refractivity (Wildman–Crippen MR) is 41.8 cm³/mol. The number of unbranched alkanes of at least 4 members (excludes halogenated alkanes) is 1. The Morgan fingerprint density at radius 1 is 1.40 bits per heavy atom. The molecule has 0 spiro atoms. The highest BCUT2D eigenvalue weighted by molar-refractivity contribution is 4.84. The topological polar surface area (TPSA) is 40.5 Å². The minimum Gasteiger partial charge on any atom is -0.396 e. The maximum Gasteiger partial charge on any atom is 0.0720 e. The van der Waals surface area contributed by atoms with Crippen LogP contribution in [-0.2, 0) is 0 Å². The van der Waals surface area contributed by atoms with Crippen LogP contribution >= 0.6 is 0 Å². The van der Waals surface area contributed by atoms with E-state index in [1.54, 1.807) is 6.08 Å². The number of rotatable bonds is 5. The fraction of sp³-hybridized carbons (Fsp3) is 0.750. The number of hydrogen-bond donors (Lipinski definition) is 2. The van der Waals surface area contributed by atoms with Gasteiger partial charge in [-0.25, -0.2) is 0 Å². The molecule has 0 aromatic heterocycles. The van der Waals surface area contributed by atoms with Gasteiger partial charge in [-0.3, -0.25) is 0 Å². The van der Waals surface area contributed by atoms with E-state index >= 15 is 0 Å². The molecule has 0 aliphatic carbocycles. The summed E-state index contributed by atoms with van der Waals surface area (Å²) < 4.78 is 0. The third kappa shape index (κ3) is 5.79. The van der Waals surface area contributed by atoms with Crippen LogP contribution in [0.4, 0.5) is 0 Å². The summed E-state index contributed by atoms with van der Waals surface area (Å²) in [6, 6.07) is 0. The zero-order valence-electron chi connectivity index (χ0n) is 6.45. The molecule has 0 bridgehead atoms. The van der Waals surface area contributed by atoms with E-state index in [1.807, 2.05) is 13.0 Å². The van der Waals surface area contributed by atoms with E-state index in [-0.39, 0.29) is 12.7 Å². The van der Waals surface area contributed by atoms with Gasteiger partial charge in [-0.2, -0.15) is 0 Å². The fourth-order valence-electron chi connectivity index (χ4n) is 0.784. The summed E-state index contributed by atoms with van der Waals surface area (Å²) in [4.78, 5) is 0. The van der Waals surface area contributed by atoms with E-state index in [0.29, 0.717) is 0 Å². The molecule has 60 valence electrons. The standard InChI is InChI=1S/C8H16O2/c1-2-5-8(10)6-3-4-7-9/h2,5,8-10H,3-4,6-7H2,1H3/b5-2-. The summed E-state index contributed by atoms with van der Waals surface area (Å²) in [5.41, 5.74) is 0. The molecule has 2 N–H and O–H groups in total. The van der Waals surface area contributed by atoms with Crippen molar-refractivity contribution in [3.8, 4) is 0 Å². The van der Waals surface area contributed by atoms with Crippen molar-refractivity contribution >= 4 is 0 Å². The smallest absolute Gasteiger partial charge is 0.0720 e. The molecule has 0 saturated heterocycles. The largest absolute Gasteiger partial charge is 0.396 e. The van der Waals surface area contributed by atoms with Crippen LogP contribution in [0.3, 0.4) is 0 Å². The molecular weight excluding hydrogens is 128 g/mol. The summed E-state index contributed by atoms with van der Waals surface area (Å²) in [6.07, 6.45) is 5.71. The highest BCUT2D eigenvalue weighted by Crippen LogP contribution is 2.00. The lowest BCUT2D eigenvalue weighted by Gasteiger charge is -2.02. The van der Waals surface area contributed by atoms with Gasteiger partial charge in [-0.15, -0.1) is 0 Å². The lowest BCUT2D eigenvalue weighted by Crippen LogP contribution is -2.01. The van der Waals surface area contributed by atoms with Gasteiger partial charge >= 0.3 is 0 Å². The van der Waals surface area contributed by atoms with E-state index in [2.05, 4.69) is 0 Å². The third-order valence-corrected chi connectivity index (χ3v) is 1.32. The monoisotopic (exact) mass is 144 g/mol. The molecule has 0 aliphatic heterocycles. The fourth-order valence-corrected chi connectivity index (χ4v) is 0.784. The van der Waals surface area contributed by atoms with Gasteiger partial charge in [0, 0.05) is 6.61 Å². The molecule has 0 amide bonds. The zero-order valence-corrected chi connectivity index (χ0v) is 6.45. The molecule has 0 saturated carbocycles. The predicted octanol–water partition coefficient (Wildman–Crippen LogP) is 1.09. The van der Waals surface area contributed by atoms with Crippen LogP contribution in [0.5, 0.6) is 0 Å². The molecule has 0 aromatic rings. The SMILES string of the molecule is C/C=C\C(O)CCCCO. The van der Waals surface area contributed by atoms with Crippen molar-refractivity contribution < 1.29 is 10.2 Å². The molecule has 1 atom stereocenters. The molecule has 0 heterocycles. The minimum absolute atomic E-state index is 0.225. The molecule has 2 nitrogen and oxygen atoms in total. The minimum atomic E-state index is -0.323. The van der Waals surface area contributed by atoms with Gasteiger partial charge in [-0.05, 0) is 26.2 Å². The van der Waals surface area contributed by atoms with Crippen molar-refractivity contribution in [3.05, 3.63) is 12.2 Å². The van der Waals surface area contributed by atoms with Crippen molar-refractivity contribution in [2.45, 2.75) is 32.3 Å². The summed E-state index contributed by atoms with van der Waals surface area (Å²) in [6.45, 7) is 2.11. The van der Waals surface area contributed by atoms with Gasteiger partial charge < -0.3 is 10.2 Å². The number of allylic oxidation sites excluding steroid dienone is 1. The van der Waals surface area contributed by atoms with E-state index in [9.17, 15) is 0 Å². The van der Waals surface area contributed by atoms with Crippen molar-refractivity contribution in [1.29, 1.82) is 0 Å². The van der Waals surface area contributed by atoms with Crippen LogP contribution in [0, 0.1) is 0 Å². The Bertz CT molecular complexity index is 89.3. The van der Waals surface area contributed by atoms with Gasteiger partial charge in [0.15, 0.2) is 0 Å². The summed E-state index contributed by atoms with van der Waals surface area (Å²) in [7, 11) is 0. The molecule has 0 aromatic carbocycles. The van der Waals surface area contributed by atoms with Gasteiger partial charge in [0.1, 0.15) is 0 Å². The quantitative estimate of drug-likeness (QED) is 0.448. The average molecular weight is 144 g/mol. The Morgan fingerprint density at radius 2 is 2.10 bits per heavy atom. The lowest BCUT2D eigenvalue weighted by atomic mass is 10.1. The van der Waals surface area contributed by atoms with Crippen LogP contribution in [0.15, 0.2) is 12.2 Å². The van der Waals surface area contributed by atoms with Crippen LogP contribution in [0.25, 0.3) is 0 Å². The maximum absolute atomic E-state index is 9.11. The van der Waals surface area contributed by atoms with Crippen molar-refractivity contribution in [3.63, 3.8) is 0 Å². The molecule has 10 heavy (non-hydrogen) atoms. The van der Waals surface area contributed by atoms with Crippen LogP contribution in [0.1, 0.15) is 26.2 Å². The Morgan fingerprint density at radius 3 is 2.60 bits per heavy atom. The van der Waals surface area contributed by atoms with Gasteiger partial charge in [-0.1, -0.05) is 12.2 Å². The second-order valence-corrected chi connectivity index (χ2v) is 2.31. The molecule has 0 aliphatic rings. The van der Waals surface area contributed by atoms with Crippen LogP contribution in [-0.4, -0.2) is 22.9 Å². The normalized spacial score (nSPS) is 14.3. The van der Waals surface area contributed by atoms with Crippen LogP contribution < -0.4 is 0 Å². The Balaban J connectivity index is 3.13. The van der Waals surface area contributed by atoms with Crippen molar-refractivity contribution in [2.24, 2.45) is 0 Å². The zero-order chi connectivity index (χ0) is 7.82. The molecule has 0 fully saturated rings. The van der Waals surface area contributed by atoms with E-state index < -0.39 is 0 Å². The molecular formula is C8H16O2. The highest BCUT2D eigenvalue weighted by atomic mass is 16.3. The first-order valence-corrected chi connectivity index (χ1v) is 3.73. The molecule has 0 rings (SSSR count). The van der Waals surface area contributed by atoms with Crippen molar-refractivity contribution in [1.82, 2.24) is 0 Å². The number of aliphatic hydroxyl groups excluding tert-OH is 2. The maximum atomic E-state index is 9.11. The molecule has 1 unspecified atom stereocenters. The number of hydrogen-bond acceptors (Lipinski definition) is 2. The molecule has 2 heteroatoms. The first kappa shape index (κ1) is 9.66. The lowest BCUT2D eigenvalue weighted by molar-refractivity contribution is 0.201. The molecule has 0 radical (unpaired) electrons. The van der Waals surface area contributed by atoms with Gasteiger partial charge in [0.05, 0.1) is 6.10 Å². The summed E-state index contributed by atoms with van der Waals surface area (Å²) in [5, 5.41) is 17.5. The Labute approximate surface area is 62.2 Å². The second kappa shape index (κ2) is 6.78. The van der Waals surface area contributed by atoms with Gasteiger partial charge in [0.2, 0.25) is 0 Å². The third-order valence-electron chi connectivity index (χ3n) is 1.32. The first-order chi connectivity index (χ1) is 4.81. The second-order valence-electron chi connectivity index (χ2n) is 2.31. The van der Waals surface area contributed by atoms with E-state index in [4.69, 9.17) is 10.2 Å². The highest BCUT2D eigenvalue weighted by Gasteiger charge is 1.96. The van der Waals surface area contributed by atoms with E-state index in [1.165, 1.54) is 0 Å². The van der Waals surface area contributed by atoms with E-state index in [0.717, 1.165) is 19.3 Å².